The molecule has 0 saturated carbocycles. The van der Waals surface area contributed by atoms with Crippen LogP contribution in [-0.4, -0.2) is 25.7 Å². The third kappa shape index (κ3) is 3.84. The number of benzene rings is 2. The number of carbonyl (C=O) groups is 1. The van der Waals surface area contributed by atoms with Gasteiger partial charge in [0, 0.05) is 18.0 Å². The fourth-order valence-corrected chi connectivity index (χ4v) is 4.28. The van der Waals surface area contributed by atoms with E-state index in [0.29, 0.717) is 30.3 Å². The molecule has 6 heteroatoms. The van der Waals surface area contributed by atoms with Gasteiger partial charge < -0.3 is 0 Å². The van der Waals surface area contributed by atoms with Crippen molar-refractivity contribution in [2.75, 3.05) is 5.32 Å². The van der Waals surface area contributed by atoms with Crippen molar-refractivity contribution in [3.8, 4) is 0 Å². The summed E-state index contributed by atoms with van der Waals surface area (Å²) >= 11 is 0. The second-order valence-electron chi connectivity index (χ2n) is 8.46. The molecule has 32 heavy (non-hydrogen) atoms. The van der Waals surface area contributed by atoms with E-state index in [1.165, 1.54) is 16.7 Å². The number of ketones is 1. The highest BCUT2D eigenvalue weighted by Crippen LogP contribution is 2.32. The molecule has 0 aliphatic heterocycles. The summed E-state index contributed by atoms with van der Waals surface area (Å²) in [4.78, 5) is 31.0. The Bertz CT molecular complexity index is 1330. The van der Waals surface area contributed by atoms with Crippen LogP contribution in [0.2, 0.25) is 0 Å². The maximum absolute atomic E-state index is 12.7. The van der Waals surface area contributed by atoms with Gasteiger partial charge in [-0.3, -0.25) is 10.1 Å². The van der Waals surface area contributed by atoms with Crippen molar-refractivity contribution in [2.45, 2.75) is 46.0 Å². The lowest BCUT2D eigenvalue weighted by Crippen LogP contribution is -2.21. The third-order valence-corrected chi connectivity index (χ3v) is 6.17. The van der Waals surface area contributed by atoms with Crippen LogP contribution >= 0.6 is 0 Å². The Morgan fingerprint density at radius 1 is 0.969 bits per heavy atom. The van der Waals surface area contributed by atoms with Crippen LogP contribution in [0.1, 0.15) is 57.7 Å². The van der Waals surface area contributed by atoms with Gasteiger partial charge in [-0.25, -0.2) is 19.9 Å². The Morgan fingerprint density at radius 2 is 1.78 bits per heavy atom. The number of hydrogen-bond donors (Lipinski definition) is 1. The molecule has 5 rings (SSSR count). The van der Waals surface area contributed by atoms with Crippen LogP contribution in [0.5, 0.6) is 0 Å². The van der Waals surface area contributed by atoms with Gasteiger partial charge in [-0.15, -0.1) is 0 Å². The largest absolute Gasteiger partial charge is 0.294 e. The number of aryl methyl sites for hydroxylation is 3. The first kappa shape index (κ1) is 20.2. The van der Waals surface area contributed by atoms with Crippen molar-refractivity contribution < 1.29 is 4.79 Å². The van der Waals surface area contributed by atoms with E-state index >= 15 is 0 Å². The first-order valence-electron chi connectivity index (χ1n) is 11.0. The Hall–Kier alpha value is -3.67. The topological polar surface area (TPSA) is 80.7 Å². The van der Waals surface area contributed by atoms with Crippen molar-refractivity contribution in [3.63, 3.8) is 0 Å². The molecule has 0 amide bonds. The van der Waals surface area contributed by atoms with Gasteiger partial charge in [0.05, 0.1) is 22.5 Å². The normalized spacial score (nSPS) is 15.6. The Kier molecular flexibility index (Phi) is 5.13. The van der Waals surface area contributed by atoms with Gasteiger partial charge in [-0.2, -0.15) is 0 Å². The molecule has 0 fully saturated rings. The fourth-order valence-electron chi connectivity index (χ4n) is 4.28. The average molecular weight is 424 g/mol. The molecule has 1 atom stereocenters. The predicted octanol–water partition coefficient (Wildman–Crippen LogP) is 5.26. The van der Waals surface area contributed by atoms with Crippen LogP contribution in [0.4, 0.5) is 11.9 Å². The molecular formula is C26H25N5O. The summed E-state index contributed by atoms with van der Waals surface area (Å²) in [5.41, 5.74) is 6.81. The molecule has 0 saturated heterocycles. The molecule has 160 valence electrons. The van der Waals surface area contributed by atoms with Crippen LogP contribution in [-0.2, 0) is 12.8 Å². The minimum Gasteiger partial charge on any atom is -0.294 e. The van der Waals surface area contributed by atoms with E-state index in [1.54, 1.807) is 6.20 Å². The van der Waals surface area contributed by atoms with Gasteiger partial charge in [0.2, 0.25) is 11.9 Å². The van der Waals surface area contributed by atoms with Crippen LogP contribution in [0.15, 0.2) is 48.7 Å². The number of nitrogens with one attached hydrogen (secondary N) is 1. The molecule has 0 bridgehead atoms. The molecule has 6 nitrogen and oxygen atoms in total. The number of anilines is 2. The summed E-state index contributed by atoms with van der Waals surface area (Å²) in [6.45, 7) is 6.18. The Morgan fingerprint density at radius 3 is 2.56 bits per heavy atom. The number of fused-ring (bicyclic) bond motifs is 2. The fraction of sp³-hybridized carbons (Fsp3) is 0.269. The van der Waals surface area contributed by atoms with Crippen molar-refractivity contribution >= 4 is 28.6 Å². The number of aromatic nitrogens is 4. The van der Waals surface area contributed by atoms with Crippen LogP contribution in [0.3, 0.4) is 0 Å². The zero-order valence-corrected chi connectivity index (χ0v) is 18.5. The first-order chi connectivity index (χ1) is 15.5. The zero-order chi connectivity index (χ0) is 22.2. The van der Waals surface area contributed by atoms with Gasteiger partial charge in [0.15, 0.2) is 5.78 Å². The summed E-state index contributed by atoms with van der Waals surface area (Å²) in [6.07, 6.45) is 3.79. The first-order valence-corrected chi connectivity index (χ1v) is 11.0. The molecule has 2 aromatic carbocycles. The second-order valence-corrected chi connectivity index (χ2v) is 8.46. The quantitative estimate of drug-likeness (QED) is 0.482. The van der Waals surface area contributed by atoms with Crippen molar-refractivity contribution in [3.05, 3.63) is 82.3 Å². The molecule has 2 heterocycles. The van der Waals surface area contributed by atoms with E-state index in [2.05, 4.69) is 75.5 Å². The van der Waals surface area contributed by atoms with E-state index in [-0.39, 0.29) is 11.7 Å². The smallest absolute Gasteiger partial charge is 0.230 e. The molecule has 0 radical (unpaired) electrons. The minimum atomic E-state index is 0.0907. The van der Waals surface area contributed by atoms with E-state index in [1.807, 2.05) is 13.0 Å². The summed E-state index contributed by atoms with van der Waals surface area (Å²) < 4.78 is 0. The monoisotopic (exact) mass is 423 g/mol. The number of carbonyl (C=O) groups excluding carboxylic acids is 1. The lowest BCUT2D eigenvalue weighted by molar-refractivity contribution is 0.0962. The zero-order valence-electron chi connectivity index (χ0n) is 18.5. The Labute approximate surface area is 187 Å². The maximum atomic E-state index is 12.7. The lowest BCUT2D eigenvalue weighted by atomic mass is 9.82. The van der Waals surface area contributed by atoms with Crippen LogP contribution < -0.4 is 5.32 Å². The molecule has 1 N–H and O–H groups in total. The van der Waals surface area contributed by atoms with Gasteiger partial charge in [-0.1, -0.05) is 42.8 Å². The average Bonchev–Trinajstić information content (AvgIpc) is 2.79. The number of hydrogen-bond acceptors (Lipinski definition) is 6. The molecule has 2 aromatic heterocycles. The van der Waals surface area contributed by atoms with Crippen molar-refractivity contribution in [1.29, 1.82) is 0 Å². The van der Waals surface area contributed by atoms with Crippen LogP contribution in [0.25, 0.3) is 10.9 Å². The van der Waals surface area contributed by atoms with Gasteiger partial charge in [0.25, 0.3) is 0 Å². The maximum Gasteiger partial charge on any atom is 0.230 e. The van der Waals surface area contributed by atoms with Gasteiger partial charge in [0.1, 0.15) is 0 Å². The third-order valence-electron chi connectivity index (χ3n) is 6.17. The van der Waals surface area contributed by atoms with Gasteiger partial charge in [-0.05, 0) is 55.9 Å². The number of nitrogens with zero attached hydrogens (tertiary/aromatic N) is 4. The van der Waals surface area contributed by atoms with E-state index in [4.69, 9.17) is 0 Å². The van der Waals surface area contributed by atoms with Crippen LogP contribution in [0, 0.1) is 13.8 Å². The summed E-state index contributed by atoms with van der Waals surface area (Å²) in [5.74, 6) is 1.08. The summed E-state index contributed by atoms with van der Waals surface area (Å²) in [6, 6.07) is 14.6. The Balaban J connectivity index is 1.43. The van der Waals surface area contributed by atoms with E-state index in [9.17, 15) is 4.79 Å². The lowest BCUT2D eigenvalue weighted by Gasteiger charge is -2.23. The highest BCUT2D eigenvalue weighted by molar-refractivity contribution is 5.98. The minimum absolute atomic E-state index is 0.0907. The molecule has 0 spiro atoms. The standard InChI is InChI=1S/C26H25N5O/c1-4-17-7-10-22-20(11-17)16(3)28-26(29-22)31-25-27-14-21-23(30-25)12-19(13-24(21)32)18-8-5-15(2)6-9-18/h5-11,14,19H,4,12-13H2,1-3H3,(H,27,28,29,30,31)/t19-/m1/s1. The van der Waals surface area contributed by atoms with Crippen molar-refractivity contribution in [2.24, 2.45) is 0 Å². The SMILES string of the molecule is CCc1ccc2nc(Nc3ncc4c(n3)C[C@@H](c3ccc(C)cc3)CC4=O)nc(C)c2c1. The van der Waals surface area contributed by atoms with E-state index in [0.717, 1.165) is 28.7 Å². The molecule has 1 aliphatic rings. The highest BCUT2D eigenvalue weighted by Gasteiger charge is 2.28. The number of rotatable bonds is 4. The number of Topliss-reactive ketones (excluding diaryl/α,β-unsaturated/α-hetero) is 1. The molecule has 4 aromatic rings. The molecule has 0 unspecified atom stereocenters. The second kappa shape index (κ2) is 8.11. The predicted molar refractivity (Wildman–Crippen MR) is 126 cm³/mol. The van der Waals surface area contributed by atoms with Gasteiger partial charge >= 0.3 is 0 Å². The summed E-state index contributed by atoms with van der Waals surface area (Å²) in [5, 5.41) is 4.19. The van der Waals surface area contributed by atoms with E-state index < -0.39 is 0 Å². The highest BCUT2D eigenvalue weighted by atomic mass is 16.1. The molecule has 1 aliphatic carbocycles. The summed E-state index contributed by atoms with van der Waals surface area (Å²) in [7, 11) is 0. The van der Waals surface area contributed by atoms with Crippen molar-refractivity contribution in [1.82, 2.24) is 19.9 Å². The molecular weight excluding hydrogens is 398 g/mol.